The number of aromatic nitrogens is 2. The van der Waals surface area contributed by atoms with E-state index in [2.05, 4.69) is 18.1 Å². The van der Waals surface area contributed by atoms with Crippen LogP contribution >= 0.6 is 11.3 Å². The van der Waals surface area contributed by atoms with Crippen molar-refractivity contribution in [3.8, 4) is 16.3 Å². The predicted octanol–water partition coefficient (Wildman–Crippen LogP) is 3.41. The minimum Gasteiger partial charge on any atom is -0.334 e. The van der Waals surface area contributed by atoms with Crippen molar-refractivity contribution in [1.82, 2.24) is 14.7 Å². The van der Waals surface area contributed by atoms with E-state index >= 15 is 0 Å². The maximum atomic E-state index is 13.1. The topological polar surface area (TPSA) is 64.2 Å². The summed E-state index contributed by atoms with van der Waals surface area (Å²) in [6.45, 7) is 3.41. The van der Waals surface area contributed by atoms with Gasteiger partial charge < -0.3 is 10.6 Å². The molecule has 3 aromatic rings. The van der Waals surface area contributed by atoms with Crippen LogP contribution in [-0.4, -0.2) is 39.7 Å². The summed E-state index contributed by atoms with van der Waals surface area (Å²) < 4.78 is 1.86. The molecule has 2 unspecified atom stereocenters. The number of amides is 1. The molecule has 3 heterocycles. The van der Waals surface area contributed by atoms with Gasteiger partial charge in [-0.2, -0.15) is 5.10 Å². The molecule has 0 spiro atoms. The second kappa shape index (κ2) is 7.05. The van der Waals surface area contributed by atoms with Gasteiger partial charge in [-0.05, 0) is 55.5 Å². The Morgan fingerprint density at radius 2 is 2.08 bits per heavy atom. The number of carbonyl (C=O) groups excluding carboxylic acids is 1. The third-order valence-electron chi connectivity index (χ3n) is 4.96. The van der Waals surface area contributed by atoms with Crippen LogP contribution in [0, 0.1) is 5.92 Å². The lowest BCUT2D eigenvalue weighted by molar-refractivity contribution is 0.0737. The van der Waals surface area contributed by atoms with Gasteiger partial charge in [0.25, 0.3) is 5.91 Å². The van der Waals surface area contributed by atoms with Gasteiger partial charge >= 0.3 is 0 Å². The van der Waals surface area contributed by atoms with Gasteiger partial charge in [0.1, 0.15) is 0 Å². The summed E-state index contributed by atoms with van der Waals surface area (Å²) >= 11 is 1.64. The molecule has 0 aliphatic carbocycles. The van der Waals surface area contributed by atoms with Crippen LogP contribution in [0.5, 0.6) is 0 Å². The molecule has 2 aromatic heterocycles. The average molecular weight is 366 g/mol. The fourth-order valence-corrected chi connectivity index (χ4v) is 4.32. The van der Waals surface area contributed by atoms with Crippen LogP contribution in [0.4, 0.5) is 0 Å². The number of hydrogen-bond donors (Lipinski definition) is 1. The summed E-state index contributed by atoms with van der Waals surface area (Å²) in [5.41, 5.74) is 8.19. The van der Waals surface area contributed by atoms with E-state index in [-0.39, 0.29) is 11.9 Å². The lowest BCUT2D eigenvalue weighted by Crippen LogP contribution is -2.34. The predicted molar refractivity (Wildman–Crippen MR) is 105 cm³/mol. The number of hydrogen-bond acceptors (Lipinski definition) is 4. The smallest absolute Gasteiger partial charge is 0.274 e. The number of nitrogens with two attached hydrogens (primary N) is 1. The Balaban J connectivity index is 1.73. The molecule has 1 fully saturated rings. The Bertz CT molecular complexity index is 888. The highest BCUT2D eigenvalue weighted by molar-refractivity contribution is 7.13. The Hall–Kier alpha value is -2.44. The molecule has 1 aromatic carbocycles. The molecule has 0 radical (unpaired) electrons. The molecule has 0 saturated carbocycles. The van der Waals surface area contributed by atoms with Crippen LogP contribution in [0.25, 0.3) is 16.3 Å². The second-order valence-electron chi connectivity index (χ2n) is 6.78. The summed E-state index contributed by atoms with van der Waals surface area (Å²) in [7, 11) is 0. The molecule has 5 nitrogen and oxygen atoms in total. The van der Waals surface area contributed by atoms with Crippen molar-refractivity contribution in [3.05, 3.63) is 59.6 Å². The summed E-state index contributed by atoms with van der Waals surface area (Å²) in [5, 5.41) is 6.70. The average Bonchev–Trinajstić information content (AvgIpc) is 3.40. The molecule has 134 valence electrons. The first-order valence-electron chi connectivity index (χ1n) is 8.87. The van der Waals surface area contributed by atoms with Crippen LogP contribution in [-0.2, 0) is 0 Å². The van der Waals surface area contributed by atoms with Gasteiger partial charge in [-0.1, -0.05) is 24.3 Å². The lowest BCUT2D eigenvalue weighted by atomic mass is 10.1. The van der Waals surface area contributed by atoms with E-state index in [1.165, 1.54) is 0 Å². The fourth-order valence-electron chi connectivity index (χ4n) is 3.59. The standard InChI is InChI=1S/C20H22N4OS/c1-14-10-15(12-21)13-23(14)20(25)17-11-18(19-8-5-9-26-19)24(22-17)16-6-3-2-4-7-16/h2-9,11,14-15H,10,12-13,21H2,1H3. The third-order valence-corrected chi connectivity index (χ3v) is 5.85. The summed E-state index contributed by atoms with van der Waals surface area (Å²) in [6, 6.07) is 16.1. The van der Waals surface area contributed by atoms with E-state index in [0.29, 0.717) is 24.7 Å². The van der Waals surface area contributed by atoms with Crippen LogP contribution < -0.4 is 5.73 Å². The van der Waals surface area contributed by atoms with Gasteiger partial charge in [-0.15, -0.1) is 11.3 Å². The van der Waals surface area contributed by atoms with Gasteiger partial charge in [0.05, 0.1) is 16.3 Å². The number of rotatable bonds is 4. The molecule has 2 N–H and O–H groups in total. The van der Waals surface area contributed by atoms with Gasteiger partial charge in [-0.3, -0.25) is 4.79 Å². The Kier molecular flexibility index (Phi) is 4.61. The van der Waals surface area contributed by atoms with E-state index in [1.807, 2.05) is 57.4 Å². The maximum absolute atomic E-state index is 13.1. The summed E-state index contributed by atoms with van der Waals surface area (Å²) in [5.74, 6) is 0.364. The highest BCUT2D eigenvalue weighted by Gasteiger charge is 2.33. The number of carbonyl (C=O) groups is 1. The molecule has 1 saturated heterocycles. The molecular formula is C20H22N4OS. The van der Waals surface area contributed by atoms with Crippen molar-refractivity contribution in [2.75, 3.05) is 13.1 Å². The summed E-state index contributed by atoms with van der Waals surface area (Å²) in [6.07, 6.45) is 0.958. The fraction of sp³-hybridized carbons (Fsp3) is 0.300. The first-order valence-corrected chi connectivity index (χ1v) is 9.75. The lowest BCUT2D eigenvalue weighted by Gasteiger charge is -2.20. The molecular weight excluding hydrogens is 344 g/mol. The van der Waals surface area contributed by atoms with Crippen molar-refractivity contribution < 1.29 is 4.79 Å². The maximum Gasteiger partial charge on any atom is 0.274 e. The Morgan fingerprint density at radius 1 is 1.27 bits per heavy atom. The van der Waals surface area contributed by atoms with Gasteiger partial charge in [0.15, 0.2) is 5.69 Å². The van der Waals surface area contributed by atoms with Crippen molar-refractivity contribution in [3.63, 3.8) is 0 Å². The summed E-state index contributed by atoms with van der Waals surface area (Å²) in [4.78, 5) is 16.1. The van der Waals surface area contributed by atoms with E-state index in [9.17, 15) is 4.79 Å². The normalized spacial score (nSPS) is 19.8. The van der Waals surface area contributed by atoms with Crippen LogP contribution in [0.2, 0.25) is 0 Å². The van der Waals surface area contributed by atoms with E-state index in [1.54, 1.807) is 11.3 Å². The minimum atomic E-state index is -0.0130. The molecule has 4 rings (SSSR count). The van der Waals surface area contributed by atoms with E-state index in [4.69, 9.17) is 5.73 Å². The van der Waals surface area contributed by atoms with Gasteiger partial charge in [0.2, 0.25) is 0 Å². The first-order chi connectivity index (χ1) is 12.7. The third kappa shape index (κ3) is 3.06. The molecule has 1 aliphatic rings. The molecule has 0 bridgehead atoms. The van der Waals surface area contributed by atoms with Crippen LogP contribution in [0.3, 0.4) is 0 Å². The zero-order valence-electron chi connectivity index (χ0n) is 14.7. The van der Waals surface area contributed by atoms with Crippen LogP contribution in [0.15, 0.2) is 53.9 Å². The number of para-hydroxylation sites is 1. The van der Waals surface area contributed by atoms with Crippen molar-refractivity contribution in [1.29, 1.82) is 0 Å². The molecule has 1 aliphatic heterocycles. The number of benzene rings is 1. The number of nitrogens with zero attached hydrogens (tertiary/aromatic N) is 3. The van der Waals surface area contributed by atoms with Gasteiger partial charge in [0, 0.05) is 12.6 Å². The van der Waals surface area contributed by atoms with Crippen molar-refractivity contribution in [2.24, 2.45) is 11.7 Å². The first kappa shape index (κ1) is 17.0. The zero-order chi connectivity index (χ0) is 18.1. The number of likely N-dealkylation sites (tertiary alicyclic amines) is 1. The number of thiophene rings is 1. The van der Waals surface area contributed by atoms with E-state index in [0.717, 1.165) is 22.7 Å². The van der Waals surface area contributed by atoms with Crippen molar-refractivity contribution in [2.45, 2.75) is 19.4 Å². The SMILES string of the molecule is CC1CC(CN)CN1C(=O)c1cc(-c2cccs2)n(-c2ccccc2)n1. The molecule has 2 atom stereocenters. The monoisotopic (exact) mass is 366 g/mol. The Morgan fingerprint density at radius 3 is 2.73 bits per heavy atom. The quantitative estimate of drug-likeness (QED) is 0.770. The zero-order valence-corrected chi connectivity index (χ0v) is 15.5. The van der Waals surface area contributed by atoms with Crippen LogP contribution in [0.1, 0.15) is 23.8 Å². The highest BCUT2D eigenvalue weighted by Crippen LogP contribution is 2.30. The molecule has 6 heteroatoms. The second-order valence-corrected chi connectivity index (χ2v) is 7.73. The van der Waals surface area contributed by atoms with Crippen molar-refractivity contribution >= 4 is 17.2 Å². The minimum absolute atomic E-state index is 0.0130. The molecule has 1 amide bonds. The largest absolute Gasteiger partial charge is 0.334 e. The molecule has 26 heavy (non-hydrogen) atoms. The highest BCUT2D eigenvalue weighted by atomic mass is 32.1. The van der Waals surface area contributed by atoms with Gasteiger partial charge in [-0.25, -0.2) is 4.68 Å². The Labute approximate surface area is 157 Å². The van der Waals surface area contributed by atoms with E-state index < -0.39 is 0 Å².